The Bertz CT molecular complexity index is 3190. The van der Waals surface area contributed by atoms with E-state index in [1.54, 1.807) is 99.9 Å². The summed E-state index contributed by atoms with van der Waals surface area (Å²) in [6, 6.07) is 58.7. The van der Waals surface area contributed by atoms with Crippen LogP contribution in [0.25, 0.3) is 0 Å². The summed E-state index contributed by atoms with van der Waals surface area (Å²) in [6.07, 6.45) is 0.859. The van der Waals surface area contributed by atoms with Gasteiger partial charge >= 0.3 is 18.2 Å². The van der Waals surface area contributed by atoms with E-state index in [9.17, 15) is 38.4 Å². The Labute approximate surface area is 595 Å². The Morgan fingerprint density at radius 3 is 1.04 bits per heavy atom. The normalized spacial score (nSPS) is 13.2. The number of carbonyl (C=O) groups is 8. The molecule has 5 N–H and O–H groups in total. The first-order chi connectivity index (χ1) is 46.5. The third kappa shape index (κ3) is 25.3. The molecule has 0 radical (unpaired) electrons. The average Bonchev–Trinajstić information content (AvgIpc) is 0.764. The highest BCUT2D eigenvalue weighted by Gasteiger charge is 2.42. The number of nitrogens with one attached hydrogen (secondary N) is 2. The van der Waals surface area contributed by atoms with Gasteiger partial charge in [-0.2, -0.15) is 0 Å². The molecule has 0 aliphatic heterocycles. The van der Waals surface area contributed by atoms with Crippen molar-refractivity contribution >= 4 is 70.8 Å². The lowest BCUT2D eigenvalue weighted by Crippen LogP contribution is -2.47. The van der Waals surface area contributed by atoms with Gasteiger partial charge in [0.2, 0.25) is 11.8 Å². The molecule has 6 unspecified atom stereocenters. The molecule has 18 heteroatoms. The molecular weight excluding hydrogens is 1270 g/mol. The Kier molecular flexibility index (Phi) is 36.7. The van der Waals surface area contributed by atoms with Crippen LogP contribution in [0.5, 0.6) is 0 Å². The summed E-state index contributed by atoms with van der Waals surface area (Å²) in [5.74, 6) is -2.37. The van der Waals surface area contributed by atoms with Gasteiger partial charge in [0.15, 0.2) is 11.6 Å². The van der Waals surface area contributed by atoms with E-state index in [1.165, 1.54) is 11.9 Å². The van der Waals surface area contributed by atoms with Crippen LogP contribution >= 0.6 is 23.5 Å². The zero-order valence-corrected chi connectivity index (χ0v) is 61.3. The molecule has 534 valence electrons. The highest BCUT2D eigenvalue weighted by Crippen LogP contribution is 2.51. The van der Waals surface area contributed by atoms with Gasteiger partial charge in [0, 0.05) is 53.3 Å². The fraction of sp³-hybridized carbons (Fsp3) is 0.450. The Balaban J connectivity index is 0.000000553. The maximum absolute atomic E-state index is 14.1. The largest absolute Gasteiger partial charge is 0.480 e. The molecule has 0 aromatic heterocycles. The minimum absolute atomic E-state index is 0. The molecule has 98 heavy (non-hydrogen) atoms. The topological polar surface area (TPSA) is 232 Å². The van der Waals surface area contributed by atoms with Crippen LogP contribution < -0.4 is 16.4 Å². The molecule has 0 spiro atoms. The summed E-state index contributed by atoms with van der Waals surface area (Å²) < 4.78 is 15.6. The zero-order chi connectivity index (χ0) is 73.2. The number of carboxylic acids is 1. The number of benzene rings is 6. The summed E-state index contributed by atoms with van der Waals surface area (Å²) in [5, 5.41) is 14.5. The highest BCUT2D eigenvalue weighted by atomic mass is 32.2. The molecule has 6 rings (SSSR count). The van der Waals surface area contributed by atoms with Crippen LogP contribution in [0.2, 0.25) is 0 Å². The van der Waals surface area contributed by atoms with Gasteiger partial charge in [-0.25, -0.2) is 14.4 Å². The van der Waals surface area contributed by atoms with Crippen molar-refractivity contribution in [1.82, 2.24) is 20.4 Å². The lowest BCUT2D eigenvalue weighted by molar-refractivity contribution is -0.142. The minimum atomic E-state index is -1.02. The number of thioether (sulfide) groups is 2. The molecule has 0 bridgehead atoms. The fourth-order valence-corrected chi connectivity index (χ4v) is 14.1. The van der Waals surface area contributed by atoms with E-state index < -0.39 is 74.9 Å². The summed E-state index contributed by atoms with van der Waals surface area (Å²) in [5.41, 5.74) is 11.1. The van der Waals surface area contributed by atoms with E-state index in [-0.39, 0.29) is 55.2 Å². The third-order valence-electron chi connectivity index (χ3n) is 16.0. The van der Waals surface area contributed by atoms with Crippen LogP contribution in [0.1, 0.15) is 177 Å². The Morgan fingerprint density at radius 2 is 0.786 bits per heavy atom. The standard InChI is InChI=1S/C39H50N2O5S.C28H32N2O2S.C10H19NO4.C2H6.CH4/c1-8-32(34(42)10-3)40-36(44)28(26-35(43)33(9-2)41(7)37(45)46-38(4,5)6)27-47-39(29-20-14-11-15-21-29,30-22-16-12-17-23-30)31-24-18-13-19-25-31;1-3-25(29)26(31)19-21(27(32)30-2)20-33-28(22-13-7-4-8-14-22,23-15-9-5-10-16-23)24-17-11-6-12-18-24;1-6-7(8(12)13)11(5)9(14)15-10(2,3)4;1-2;/h11-25,28,32-33H,8-10,26-27H2,1-7H3,(H,40,44);4-18,21,25H,3,19-20,29H2,1-2H3,(H,30,32);7H,6H2,1-5H3,(H,12,13);1-2H3;1H4/i;;;1D;. The number of ketones is 3. The monoisotopic (exact) mass is 1380 g/mol. The van der Waals surface area contributed by atoms with Gasteiger partial charge in [0.25, 0.3) is 0 Å². The Hall–Kier alpha value is -8.06. The summed E-state index contributed by atoms with van der Waals surface area (Å²) >= 11 is 3.28. The number of ether oxygens (including phenoxy) is 2. The number of hydrogen-bond donors (Lipinski definition) is 4. The SMILES string of the molecule is C.CCC(=O)C(CC)NC(=O)C(CSC(c1ccccc1)(c1ccccc1)c1ccccc1)CC(=O)C(CC)N(C)C(=O)OC(C)(C)C.CCC(C(=O)O)N(C)C(=O)OC(C)(C)C.CCC(N)C(=O)CC(CSC(c1ccccc1)(c1ccccc1)c1ccccc1)C(=O)NC.[2H]CC. The van der Waals surface area contributed by atoms with Crippen LogP contribution in [0.15, 0.2) is 182 Å². The molecule has 0 fully saturated rings. The zero-order valence-electron chi connectivity index (χ0n) is 60.7. The highest BCUT2D eigenvalue weighted by molar-refractivity contribution is 8.00. The molecule has 6 aromatic carbocycles. The first kappa shape index (κ1) is 84.2. The average molecular weight is 1380 g/mol. The predicted molar refractivity (Wildman–Crippen MR) is 401 cm³/mol. The van der Waals surface area contributed by atoms with Crippen molar-refractivity contribution in [2.75, 3.05) is 32.6 Å². The van der Waals surface area contributed by atoms with E-state index in [1.807, 2.05) is 130 Å². The van der Waals surface area contributed by atoms with Crippen LogP contribution in [0.4, 0.5) is 9.59 Å². The maximum atomic E-state index is 14.1. The van der Waals surface area contributed by atoms with E-state index in [2.05, 4.69) is 83.4 Å². The molecular formula is C80H111N5O11S2. The Morgan fingerprint density at radius 1 is 0.490 bits per heavy atom. The number of nitrogens with two attached hydrogens (primary N) is 1. The second kappa shape index (κ2) is 42.7. The number of nitrogens with zero attached hydrogens (tertiary/aromatic N) is 2. The van der Waals surface area contributed by atoms with Crippen molar-refractivity contribution < 1.29 is 54.3 Å². The van der Waals surface area contributed by atoms with Crippen molar-refractivity contribution in [2.45, 2.75) is 187 Å². The van der Waals surface area contributed by atoms with Crippen LogP contribution in [-0.2, 0) is 47.7 Å². The molecule has 6 aromatic rings. The lowest BCUT2D eigenvalue weighted by Gasteiger charge is -2.37. The second-order valence-corrected chi connectivity index (χ2v) is 27.7. The molecule has 6 atom stereocenters. The van der Waals surface area contributed by atoms with Gasteiger partial charge < -0.3 is 35.8 Å². The van der Waals surface area contributed by atoms with Crippen molar-refractivity contribution in [3.8, 4) is 0 Å². The number of carboxylic acid groups (broad SMARTS) is 1. The number of aliphatic carboxylic acids is 1. The maximum Gasteiger partial charge on any atom is 0.410 e. The second-order valence-electron chi connectivity index (χ2n) is 25.2. The number of hydrogen-bond acceptors (Lipinski definition) is 13. The lowest BCUT2D eigenvalue weighted by atomic mass is 9.84. The van der Waals surface area contributed by atoms with Gasteiger partial charge in [-0.05, 0) is 101 Å². The van der Waals surface area contributed by atoms with Gasteiger partial charge in [0.05, 0.1) is 39.5 Å². The molecule has 0 aliphatic carbocycles. The predicted octanol–water partition coefficient (Wildman–Crippen LogP) is 16.0. The number of carbonyl (C=O) groups excluding carboxylic acids is 7. The van der Waals surface area contributed by atoms with E-state index in [4.69, 9.17) is 21.7 Å². The third-order valence-corrected chi connectivity index (χ3v) is 19.4. The molecule has 0 heterocycles. The number of rotatable bonds is 30. The van der Waals surface area contributed by atoms with Gasteiger partial charge in [-0.15, -0.1) is 23.5 Å². The van der Waals surface area contributed by atoms with Gasteiger partial charge in [-0.3, -0.25) is 28.9 Å². The number of amides is 4. The smallest absolute Gasteiger partial charge is 0.410 e. The molecule has 0 saturated carbocycles. The molecule has 16 nitrogen and oxygen atoms in total. The van der Waals surface area contributed by atoms with Crippen LogP contribution in [0, 0.1) is 11.8 Å². The van der Waals surface area contributed by atoms with E-state index >= 15 is 0 Å². The fourth-order valence-electron chi connectivity index (χ4n) is 10.8. The first-order valence-electron chi connectivity index (χ1n) is 34.1. The summed E-state index contributed by atoms with van der Waals surface area (Å²) in [7, 11) is 4.60. The van der Waals surface area contributed by atoms with E-state index in [0.717, 1.165) is 38.3 Å². The van der Waals surface area contributed by atoms with Crippen LogP contribution in [0.3, 0.4) is 0 Å². The van der Waals surface area contributed by atoms with Gasteiger partial charge in [0.1, 0.15) is 23.0 Å². The number of likely N-dealkylation sites (N-methyl/N-ethyl adjacent to an activating group) is 2. The number of Topliss-reactive ketones (excluding diaryl/α,β-unsaturated/α-hetero) is 3. The quantitative estimate of drug-likeness (QED) is 0.0307. The molecule has 0 aliphatic rings. The first-order valence-corrected chi connectivity index (χ1v) is 35.4. The summed E-state index contributed by atoms with van der Waals surface area (Å²) in [6.45, 7) is 21.9. The van der Waals surface area contributed by atoms with Crippen molar-refractivity contribution in [1.29, 1.82) is 0 Å². The van der Waals surface area contributed by atoms with Gasteiger partial charge in [-0.1, -0.05) is 238 Å². The molecule has 4 amide bonds. The van der Waals surface area contributed by atoms with E-state index in [0.29, 0.717) is 44.8 Å². The van der Waals surface area contributed by atoms with Crippen molar-refractivity contribution in [2.24, 2.45) is 17.6 Å². The van der Waals surface area contributed by atoms with Crippen molar-refractivity contribution in [3.63, 3.8) is 0 Å². The summed E-state index contributed by atoms with van der Waals surface area (Å²) in [4.78, 5) is 104. The van der Waals surface area contributed by atoms with Crippen LogP contribution in [-0.4, -0.2) is 130 Å². The minimum Gasteiger partial charge on any atom is -0.480 e. The van der Waals surface area contributed by atoms with Crippen molar-refractivity contribution in [3.05, 3.63) is 215 Å². The molecule has 0 saturated heterocycles.